The second kappa shape index (κ2) is 13.5. The van der Waals surface area contributed by atoms with Gasteiger partial charge in [-0.05, 0) is 58.7 Å². The summed E-state index contributed by atoms with van der Waals surface area (Å²) >= 11 is 0. The van der Waals surface area contributed by atoms with Crippen LogP contribution in [0.25, 0.3) is 21.5 Å². The number of carbonyl (C=O) groups is 2. The van der Waals surface area contributed by atoms with Gasteiger partial charge in [0.1, 0.15) is 11.5 Å². The third kappa shape index (κ3) is 7.27. The van der Waals surface area contributed by atoms with Crippen LogP contribution in [0.5, 0.6) is 11.5 Å². The molecule has 176 valence electrons. The maximum atomic E-state index is 11.0. The zero-order valence-electron chi connectivity index (χ0n) is 19.9. The van der Waals surface area contributed by atoms with E-state index < -0.39 is 11.9 Å². The number of benzene rings is 4. The Balaban J connectivity index is 0.000000240. The molecule has 0 spiro atoms. The van der Waals surface area contributed by atoms with Gasteiger partial charge in [0, 0.05) is 11.1 Å². The van der Waals surface area contributed by atoms with E-state index in [1.165, 1.54) is 0 Å². The normalized spacial score (nSPS) is 10.1. The molecule has 0 saturated carbocycles. The maximum Gasteiger partial charge on any atom is 2.00 e. The van der Waals surface area contributed by atoms with Crippen LogP contribution < -0.4 is 19.7 Å². The van der Waals surface area contributed by atoms with Crippen molar-refractivity contribution < 1.29 is 48.8 Å². The molecule has 0 unspecified atom stereocenters. The van der Waals surface area contributed by atoms with E-state index in [0.717, 1.165) is 34.4 Å². The molecule has 0 aliphatic rings. The van der Waals surface area contributed by atoms with E-state index in [-0.39, 0.29) is 30.6 Å². The molecule has 4 aromatic carbocycles. The third-order valence-electron chi connectivity index (χ3n) is 5.06. The number of carboxylic acids is 2. The average molecular weight is 524 g/mol. The molecular formula is C28H26O6Zn. The van der Waals surface area contributed by atoms with Crippen LogP contribution in [-0.2, 0) is 19.5 Å². The maximum absolute atomic E-state index is 11.0. The van der Waals surface area contributed by atoms with E-state index in [1.807, 2.05) is 62.4 Å². The molecule has 0 amide bonds. The molecule has 6 nitrogen and oxygen atoms in total. The molecule has 0 saturated heterocycles. The SMILES string of the molecule is CCCOc1cc2ccccc2cc1C(=O)[O-].CCCOc1cc2ccccc2cc1C(=O)[O-].[Zn+2]. The van der Waals surface area contributed by atoms with Crippen LogP contribution in [0.1, 0.15) is 47.4 Å². The number of fused-ring (bicyclic) bond motifs is 2. The Bertz CT molecular complexity index is 1200. The van der Waals surface area contributed by atoms with E-state index in [4.69, 9.17) is 9.47 Å². The second-order valence-electron chi connectivity index (χ2n) is 7.66. The Morgan fingerprint density at radius 1 is 0.629 bits per heavy atom. The van der Waals surface area contributed by atoms with Gasteiger partial charge in [0.15, 0.2) is 0 Å². The van der Waals surface area contributed by atoms with Crippen molar-refractivity contribution in [3.63, 3.8) is 0 Å². The van der Waals surface area contributed by atoms with Crippen LogP contribution in [0.3, 0.4) is 0 Å². The number of ether oxygens (including phenoxy) is 2. The smallest absolute Gasteiger partial charge is 0.545 e. The first-order chi connectivity index (χ1) is 16.4. The van der Waals surface area contributed by atoms with Crippen molar-refractivity contribution in [3.8, 4) is 11.5 Å². The van der Waals surface area contributed by atoms with E-state index in [0.29, 0.717) is 24.7 Å². The molecule has 0 atom stereocenters. The summed E-state index contributed by atoms with van der Waals surface area (Å²) in [5.74, 6) is -1.65. The van der Waals surface area contributed by atoms with Crippen LogP contribution in [0.2, 0.25) is 0 Å². The molecule has 0 aliphatic carbocycles. The molecule has 0 heterocycles. The topological polar surface area (TPSA) is 98.7 Å². The van der Waals surface area contributed by atoms with Gasteiger partial charge in [0.05, 0.1) is 25.2 Å². The van der Waals surface area contributed by atoms with Gasteiger partial charge in [-0.2, -0.15) is 0 Å². The predicted octanol–water partition coefficient (Wildman–Crippen LogP) is 3.98. The molecule has 4 aromatic rings. The van der Waals surface area contributed by atoms with Gasteiger partial charge in [0.2, 0.25) is 0 Å². The van der Waals surface area contributed by atoms with Crippen LogP contribution in [0.4, 0.5) is 0 Å². The zero-order valence-corrected chi connectivity index (χ0v) is 22.9. The molecule has 0 aromatic heterocycles. The second-order valence-corrected chi connectivity index (χ2v) is 7.66. The summed E-state index contributed by atoms with van der Waals surface area (Å²) < 4.78 is 10.9. The molecule has 7 heteroatoms. The summed E-state index contributed by atoms with van der Waals surface area (Å²) in [6.45, 7) is 4.94. The first-order valence-electron chi connectivity index (χ1n) is 11.2. The number of hydrogen-bond donors (Lipinski definition) is 0. The Morgan fingerprint density at radius 2 is 0.943 bits per heavy atom. The third-order valence-corrected chi connectivity index (χ3v) is 5.06. The molecular weight excluding hydrogens is 498 g/mol. The fourth-order valence-electron chi connectivity index (χ4n) is 3.42. The number of carbonyl (C=O) groups excluding carboxylic acids is 2. The molecule has 0 radical (unpaired) electrons. The summed E-state index contributed by atoms with van der Waals surface area (Å²) in [6.07, 6.45) is 1.67. The minimum atomic E-state index is -1.21. The number of hydrogen-bond acceptors (Lipinski definition) is 6. The van der Waals surface area contributed by atoms with Crippen molar-refractivity contribution in [2.75, 3.05) is 13.2 Å². The van der Waals surface area contributed by atoms with Crippen molar-refractivity contribution >= 4 is 33.5 Å². The molecule has 0 fully saturated rings. The molecule has 4 rings (SSSR count). The van der Waals surface area contributed by atoms with Gasteiger partial charge in [-0.25, -0.2) is 0 Å². The fraction of sp³-hybridized carbons (Fsp3) is 0.214. The van der Waals surface area contributed by atoms with E-state index >= 15 is 0 Å². The Morgan fingerprint density at radius 3 is 1.23 bits per heavy atom. The summed E-state index contributed by atoms with van der Waals surface area (Å²) in [5.41, 5.74) is 0.217. The number of carboxylic acid groups (broad SMARTS) is 2. The van der Waals surface area contributed by atoms with Crippen molar-refractivity contribution in [3.05, 3.63) is 83.9 Å². The van der Waals surface area contributed by atoms with Crippen LogP contribution in [-0.4, -0.2) is 25.2 Å². The zero-order chi connectivity index (χ0) is 24.5. The van der Waals surface area contributed by atoms with E-state index in [9.17, 15) is 19.8 Å². The summed E-state index contributed by atoms with van der Waals surface area (Å²) in [4.78, 5) is 22.1. The van der Waals surface area contributed by atoms with Crippen molar-refractivity contribution in [2.24, 2.45) is 0 Å². The van der Waals surface area contributed by atoms with Crippen molar-refractivity contribution in [1.29, 1.82) is 0 Å². The summed E-state index contributed by atoms with van der Waals surface area (Å²) in [5, 5.41) is 25.7. The van der Waals surface area contributed by atoms with Gasteiger partial charge in [0.25, 0.3) is 0 Å². The van der Waals surface area contributed by atoms with Crippen LogP contribution in [0, 0.1) is 0 Å². The standard InChI is InChI=1S/2C14H14O3.Zn/c2*1-2-7-17-13-9-11-6-4-3-5-10(11)8-12(13)14(15)16;/h2*3-6,8-9H,2,7H2,1H3,(H,15,16);/q;;+2/p-2. The Labute approximate surface area is 217 Å². The molecule has 0 aliphatic heterocycles. The predicted molar refractivity (Wildman–Crippen MR) is 128 cm³/mol. The average Bonchev–Trinajstić information content (AvgIpc) is 2.85. The van der Waals surface area contributed by atoms with Gasteiger partial charge in [-0.1, -0.05) is 62.4 Å². The molecule has 0 bridgehead atoms. The largest absolute Gasteiger partial charge is 2.00 e. The first kappa shape index (κ1) is 27.8. The van der Waals surface area contributed by atoms with Gasteiger partial charge < -0.3 is 29.3 Å². The Hall–Kier alpha value is -3.44. The van der Waals surface area contributed by atoms with E-state index in [1.54, 1.807) is 24.3 Å². The van der Waals surface area contributed by atoms with E-state index in [2.05, 4.69) is 0 Å². The quantitative estimate of drug-likeness (QED) is 0.324. The fourth-order valence-corrected chi connectivity index (χ4v) is 3.42. The first-order valence-corrected chi connectivity index (χ1v) is 11.2. The summed E-state index contributed by atoms with van der Waals surface area (Å²) in [6, 6.07) is 21.8. The monoisotopic (exact) mass is 522 g/mol. The van der Waals surface area contributed by atoms with Gasteiger partial charge in [-0.3, -0.25) is 0 Å². The van der Waals surface area contributed by atoms with Gasteiger partial charge in [-0.15, -0.1) is 0 Å². The van der Waals surface area contributed by atoms with Crippen LogP contribution >= 0.6 is 0 Å². The molecule has 35 heavy (non-hydrogen) atoms. The summed E-state index contributed by atoms with van der Waals surface area (Å²) in [7, 11) is 0. The van der Waals surface area contributed by atoms with Crippen molar-refractivity contribution in [1.82, 2.24) is 0 Å². The number of rotatable bonds is 8. The van der Waals surface area contributed by atoms with Crippen LogP contribution in [0.15, 0.2) is 72.8 Å². The molecule has 0 N–H and O–H groups in total. The Kier molecular flexibility index (Phi) is 10.7. The van der Waals surface area contributed by atoms with Crippen molar-refractivity contribution in [2.45, 2.75) is 26.7 Å². The minimum Gasteiger partial charge on any atom is -0.545 e. The number of aromatic carboxylic acids is 2. The minimum absolute atomic E-state index is 0. The van der Waals surface area contributed by atoms with Gasteiger partial charge >= 0.3 is 19.5 Å².